The zero-order chi connectivity index (χ0) is 14.7. The van der Waals surface area contributed by atoms with Crippen molar-refractivity contribution in [2.45, 2.75) is 26.7 Å². The van der Waals surface area contributed by atoms with Crippen LogP contribution in [0.3, 0.4) is 0 Å². The first-order chi connectivity index (χ1) is 9.51. The number of nitrogens with one attached hydrogen (secondary N) is 1. The topological polar surface area (TPSA) is 34.1 Å². The van der Waals surface area contributed by atoms with Crippen molar-refractivity contribution >= 4 is 27.4 Å². The van der Waals surface area contributed by atoms with E-state index in [1.807, 2.05) is 25.1 Å². The molecule has 0 spiro atoms. The third-order valence-corrected chi connectivity index (χ3v) is 4.01. The largest absolute Gasteiger partial charge is 0.495 e. The lowest BCUT2D eigenvalue weighted by atomic mass is 10.0. The second kappa shape index (κ2) is 6.27. The number of halogens is 1. The minimum absolute atomic E-state index is 0.473. The number of pyridine rings is 1. The summed E-state index contributed by atoms with van der Waals surface area (Å²) in [5.74, 6) is 2.10. The summed E-state index contributed by atoms with van der Waals surface area (Å²) >= 11 is 3.46. The zero-order valence-corrected chi connectivity index (χ0v) is 13.8. The van der Waals surface area contributed by atoms with Gasteiger partial charge in [-0.3, -0.25) is 0 Å². The van der Waals surface area contributed by atoms with Crippen LogP contribution in [-0.4, -0.2) is 12.1 Å². The van der Waals surface area contributed by atoms with E-state index in [4.69, 9.17) is 4.74 Å². The molecule has 0 radical (unpaired) electrons. The molecule has 0 aliphatic rings. The molecule has 1 heterocycles. The zero-order valence-electron chi connectivity index (χ0n) is 12.2. The Bertz CT molecular complexity index is 611. The maximum Gasteiger partial charge on any atom is 0.142 e. The average molecular weight is 335 g/mol. The van der Waals surface area contributed by atoms with Crippen LogP contribution in [0.2, 0.25) is 0 Å². The number of hydrogen-bond acceptors (Lipinski definition) is 3. The molecule has 1 aromatic carbocycles. The number of rotatable bonds is 4. The third-order valence-electron chi connectivity index (χ3n) is 3.17. The van der Waals surface area contributed by atoms with Crippen molar-refractivity contribution in [3.63, 3.8) is 0 Å². The maximum absolute atomic E-state index is 5.41. The molecule has 0 saturated heterocycles. The Kier molecular flexibility index (Phi) is 4.65. The van der Waals surface area contributed by atoms with Gasteiger partial charge < -0.3 is 10.1 Å². The SMILES string of the molecule is COc1ccc(C(C)C)cc1Nc1ccc(Br)c(C)n1. The van der Waals surface area contributed by atoms with Crippen LogP contribution in [0.25, 0.3) is 0 Å². The van der Waals surface area contributed by atoms with Gasteiger partial charge in [0.15, 0.2) is 0 Å². The van der Waals surface area contributed by atoms with Crippen LogP contribution < -0.4 is 10.1 Å². The highest BCUT2D eigenvalue weighted by Gasteiger charge is 2.08. The first-order valence-corrected chi connectivity index (χ1v) is 7.38. The van der Waals surface area contributed by atoms with Crippen molar-refractivity contribution in [3.8, 4) is 5.75 Å². The Balaban J connectivity index is 2.35. The Labute approximate surface area is 128 Å². The van der Waals surface area contributed by atoms with E-state index in [2.05, 4.69) is 52.2 Å². The summed E-state index contributed by atoms with van der Waals surface area (Å²) in [5.41, 5.74) is 3.16. The second-order valence-electron chi connectivity index (χ2n) is 5.00. The van der Waals surface area contributed by atoms with Crippen LogP contribution in [0.4, 0.5) is 11.5 Å². The van der Waals surface area contributed by atoms with Crippen LogP contribution in [0, 0.1) is 6.92 Å². The van der Waals surface area contributed by atoms with E-state index < -0.39 is 0 Å². The molecule has 2 rings (SSSR count). The molecule has 0 amide bonds. The fourth-order valence-corrected chi connectivity index (χ4v) is 2.15. The van der Waals surface area contributed by atoms with Crippen molar-refractivity contribution in [3.05, 3.63) is 46.1 Å². The molecule has 106 valence electrons. The molecule has 0 aliphatic heterocycles. The fraction of sp³-hybridized carbons (Fsp3) is 0.312. The summed E-state index contributed by atoms with van der Waals surface area (Å²) in [5, 5.41) is 3.33. The quantitative estimate of drug-likeness (QED) is 0.851. The first kappa shape index (κ1) is 14.9. The van der Waals surface area contributed by atoms with Crippen LogP contribution >= 0.6 is 15.9 Å². The molecule has 3 nitrogen and oxygen atoms in total. The van der Waals surface area contributed by atoms with Crippen molar-refractivity contribution in [1.29, 1.82) is 0 Å². The summed E-state index contributed by atoms with van der Waals surface area (Å²) in [6, 6.07) is 10.1. The highest BCUT2D eigenvalue weighted by atomic mass is 79.9. The summed E-state index contributed by atoms with van der Waals surface area (Å²) in [6.45, 7) is 6.32. The van der Waals surface area contributed by atoms with Crippen LogP contribution in [0.1, 0.15) is 31.0 Å². The smallest absolute Gasteiger partial charge is 0.142 e. The van der Waals surface area contributed by atoms with Gasteiger partial charge in [-0.05, 0) is 58.6 Å². The summed E-state index contributed by atoms with van der Waals surface area (Å²) in [4.78, 5) is 4.50. The standard InChI is InChI=1S/C16H19BrN2O/c1-10(2)12-5-7-15(20-4)14(9-12)19-16-8-6-13(17)11(3)18-16/h5-10H,1-4H3,(H,18,19). The van der Waals surface area contributed by atoms with E-state index in [1.54, 1.807) is 7.11 Å². The molecule has 1 N–H and O–H groups in total. The fourth-order valence-electron chi connectivity index (χ4n) is 1.93. The van der Waals surface area contributed by atoms with Gasteiger partial charge >= 0.3 is 0 Å². The summed E-state index contributed by atoms with van der Waals surface area (Å²) < 4.78 is 6.41. The molecule has 2 aromatic rings. The number of aryl methyl sites for hydroxylation is 1. The number of nitrogens with zero attached hydrogens (tertiary/aromatic N) is 1. The van der Waals surface area contributed by atoms with Gasteiger partial charge in [-0.15, -0.1) is 0 Å². The van der Waals surface area contributed by atoms with Gasteiger partial charge in [0.25, 0.3) is 0 Å². The lowest BCUT2D eigenvalue weighted by molar-refractivity contribution is 0.416. The highest BCUT2D eigenvalue weighted by Crippen LogP contribution is 2.31. The molecule has 0 atom stereocenters. The Morgan fingerprint density at radius 2 is 1.95 bits per heavy atom. The summed E-state index contributed by atoms with van der Waals surface area (Å²) in [6.07, 6.45) is 0. The van der Waals surface area contributed by atoms with Gasteiger partial charge in [-0.25, -0.2) is 4.98 Å². The molecule has 0 bridgehead atoms. The van der Waals surface area contributed by atoms with Gasteiger partial charge in [0.05, 0.1) is 18.5 Å². The van der Waals surface area contributed by atoms with Crippen molar-refractivity contribution in [2.75, 3.05) is 12.4 Å². The molecule has 0 unspecified atom stereocenters. The number of aromatic nitrogens is 1. The molecule has 0 saturated carbocycles. The molecule has 0 fully saturated rings. The summed E-state index contributed by atoms with van der Waals surface area (Å²) in [7, 11) is 1.68. The van der Waals surface area contributed by atoms with Crippen LogP contribution in [0.15, 0.2) is 34.8 Å². The van der Waals surface area contributed by atoms with Crippen molar-refractivity contribution in [2.24, 2.45) is 0 Å². The maximum atomic E-state index is 5.41. The van der Waals surface area contributed by atoms with Gasteiger partial charge in [-0.1, -0.05) is 19.9 Å². The van der Waals surface area contributed by atoms with Gasteiger partial charge in [-0.2, -0.15) is 0 Å². The van der Waals surface area contributed by atoms with E-state index >= 15 is 0 Å². The number of methoxy groups -OCH3 is 1. The Morgan fingerprint density at radius 3 is 2.55 bits per heavy atom. The monoisotopic (exact) mass is 334 g/mol. The van der Waals surface area contributed by atoms with Crippen molar-refractivity contribution in [1.82, 2.24) is 4.98 Å². The lowest BCUT2D eigenvalue weighted by Gasteiger charge is -2.14. The normalized spacial score (nSPS) is 10.7. The third kappa shape index (κ3) is 3.31. The number of benzene rings is 1. The molecule has 20 heavy (non-hydrogen) atoms. The molecule has 1 aromatic heterocycles. The molecule has 4 heteroatoms. The van der Waals surface area contributed by atoms with Gasteiger partial charge in [0.1, 0.15) is 11.6 Å². The van der Waals surface area contributed by atoms with E-state index in [0.717, 1.165) is 27.4 Å². The van der Waals surface area contributed by atoms with Crippen molar-refractivity contribution < 1.29 is 4.74 Å². The predicted octanol–water partition coefficient (Wildman–Crippen LogP) is 5.03. The van der Waals surface area contributed by atoms with E-state index in [9.17, 15) is 0 Å². The van der Waals surface area contributed by atoms with Gasteiger partial charge in [0, 0.05) is 4.47 Å². The lowest BCUT2D eigenvalue weighted by Crippen LogP contribution is -1.99. The van der Waals surface area contributed by atoms with Crippen LogP contribution in [0.5, 0.6) is 5.75 Å². The first-order valence-electron chi connectivity index (χ1n) is 6.59. The predicted molar refractivity (Wildman–Crippen MR) is 87.0 cm³/mol. The molecular formula is C16H19BrN2O. The Hall–Kier alpha value is -1.55. The molecule has 0 aliphatic carbocycles. The Morgan fingerprint density at radius 1 is 1.20 bits per heavy atom. The van der Waals surface area contributed by atoms with E-state index in [-0.39, 0.29) is 0 Å². The average Bonchev–Trinajstić information content (AvgIpc) is 2.42. The second-order valence-corrected chi connectivity index (χ2v) is 5.86. The minimum Gasteiger partial charge on any atom is -0.495 e. The van der Waals surface area contributed by atoms with Crippen LogP contribution in [-0.2, 0) is 0 Å². The number of hydrogen-bond donors (Lipinski definition) is 1. The van der Waals surface area contributed by atoms with E-state index in [1.165, 1.54) is 5.56 Å². The van der Waals surface area contributed by atoms with E-state index in [0.29, 0.717) is 5.92 Å². The number of ether oxygens (including phenoxy) is 1. The molecular weight excluding hydrogens is 316 g/mol. The minimum atomic E-state index is 0.473. The van der Waals surface area contributed by atoms with Gasteiger partial charge in [0.2, 0.25) is 0 Å². The number of anilines is 2. The highest BCUT2D eigenvalue weighted by molar-refractivity contribution is 9.10.